The predicted octanol–water partition coefficient (Wildman–Crippen LogP) is 2.88. The van der Waals surface area contributed by atoms with Crippen LogP contribution in [0.1, 0.15) is 46.0 Å². The zero-order valence-electron chi connectivity index (χ0n) is 15.4. The summed E-state index contributed by atoms with van der Waals surface area (Å²) < 4.78 is 11.3. The molecule has 1 atom stereocenters. The summed E-state index contributed by atoms with van der Waals surface area (Å²) in [6.07, 6.45) is 2.95. The van der Waals surface area contributed by atoms with E-state index in [1.807, 2.05) is 19.1 Å². The molecular weight excluding hydrogens is 344 g/mol. The zero-order valence-corrected chi connectivity index (χ0v) is 15.4. The Morgan fingerprint density at radius 2 is 1.81 bits per heavy atom. The molecule has 3 rings (SSSR count). The molecule has 2 aromatic rings. The van der Waals surface area contributed by atoms with Crippen LogP contribution in [0.5, 0.6) is 5.75 Å². The van der Waals surface area contributed by atoms with Gasteiger partial charge in [-0.3, -0.25) is 20.4 Å². The third-order valence-electron chi connectivity index (χ3n) is 4.49. The van der Waals surface area contributed by atoms with Gasteiger partial charge in [0.25, 0.3) is 11.8 Å². The number of carbonyl (C=O) groups is 2. The van der Waals surface area contributed by atoms with Crippen molar-refractivity contribution in [2.75, 3.05) is 13.2 Å². The number of rotatable bonds is 6. The fourth-order valence-electron chi connectivity index (χ4n) is 2.88. The number of amides is 2. The molecule has 0 aliphatic carbocycles. The second-order valence-electron chi connectivity index (χ2n) is 6.40. The highest BCUT2D eigenvalue weighted by Gasteiger charge is 2.18. The van der Waals surface area contributed by atoms with Crippen molar-refractivity contribution in [3.8, 4) is 5.75 Å². The second-order valence-corrected chi connectivity index (χ2v) is 6.40. The molecule has 1 aliphatic rings. The number of para-hydroxylation sites is 1. The van der Waals surface area contributed by atoms with Crippen LogP contribution in [0.25, 0.3) is 0 Å². The van der Waals surface area contributed by atoms with E-state index in [0.29, 0.717) is 23.5 Å². The van der Waals surface area contributed by atoms with Crippen molar-refractivity contribution in [1.29, 1.82) is 0 Å². The summed E-state index contributed by atoms with van der Waals surface area (Å²) in [5.41, 5.74) is 6.87. The van der Waals surface area contributed by atoms with Gasteiger partial charge in [0.15, 0.2) is 0 Å². The van der Waals surface area contributed by atoms with Crippen LogP contribution in [0.4, 0.5) is 0 Å². The van der Waals surface area contributed by atoms with Crippen LogP contribution in [0, 0.1) is 0 Å². The van der Waals surface area contributed by atoms with Crippen molar-refractivity contribution in [2.24, 2.45) is 0 Å². The molecule has 142 valence electrons. The van der Waals surface area contributed by atoms with Crippen LogP contribution in [0.15, 0.2) is 48.5 Å². The van der Waals surface area contributed by atoms with Gasteiger partial charge in [-0.25, -0.2) is 0 Å². The molecule has 1 fully saturated rings. The van der Waals surface area contributed by atoms with Gasteiger partial charge in [0, 0.05) is 12.2 Å². The van der Waals surface area contributed by atoms with Gasteiger partial charge in [-0.15, -0.1) is 0 Å². The molecule has 2 amide bonds. The Balaban J connectivity index is 1.57. The van der Waals surface area contributed by atoms with E-state index in [1.54, 1.807) is 36.4 Å². The number of hydrazine groups is 1. The molecule has 0 bridgehead atoms. The highest BCUT2D eigenvalue weighted by molar-refractivity contribution is 6.00. The molecule has 1 aliphatic heterocycles. The van der Waals surface area contributed by atoms with Crippen LogP contribution >= 0.6 is 0 Å². The molecule has 27 heavy (non-hydrogen) atoms. The van der Waals surface area contributed by atoms with Gasteiger partial charge in [-0.2, -0.15) is 0 Å². The summed E-state index contributed by atoms with van der Waals surface area (Å²) in [5, 5.41) is 0. The largest absolute Gasteiger partial charge is 0.490 e. The topological polar surface area (TPSA) is 76.7 Å². The fraction of sp³-hybridized carbons (Fsp3) is 0.333. The Bertz CT molecular complexity index is 783. The number of hydrogen-bond acceptors (Lipinski definition) is 4. The van der Waals surface area contributed by atoms with Crippen LogP contribution in [-0.4, -0.2) is 31.1 Å². The normalized spacial score (nSPS) is 16.0. The molecule has 0 saturated carbocycles. The van der Waals surface area contributed by atoms with Gasteiger partial charge in [0.1, 0.15) is 12.4 Å². The third kappa shape index (κ3) is 5.08. The van der Waals surface area contributed by atoms with Crippen LogP contribution in [-0.2, 0) is 11.2 Å². The smallest absolute Gasteiger partial charge is 0.273 e. The standard InChI is InChI=1S/C21H24N2O4/c1-2-15-9-11-16(12-10-15)20(24)22-23-21(25)18-7-3-4-8-19(18)27-14-17-6-5-13-26-17/h3-4,7-12,17H,2,5-6,13-14H2,1H3,(H,22,24)(H,23,25). The SMILES string of the molecule is CCc1ccc(C(=O)NNC(=O)c2ccccc2OCC2CCCO2)cc1. The maximum atomic E-state index is 12.5. The van der Waals surface area contributed by atoms with Gasteiger partial charge < -0.3 is 9.47 Å². The van der Waals surface area contributed by atoms with Crippen molar-refractivity contribution in [2.45, 2.75) is 32.3 Å². The van der Waals surface area contributed by atoms with Crippen molar-refractivity contribution in [3.63, 3.8) is 0 Å². The minimum atomic E-state index is -0.434. The highest BCUT2D eigenvalue weighted by Crippen LogP contribution is 2.20. The minimum absolute atomic E-state index is 0.0620. The number of carbonyl (C=O) groups excluding carboxylic acids is 2. The molecule has 2 aromatic carbocycles. The molecule has 0 spiro atoms. The zero-order chi connectivity index (χ0) is 19.1. The van der Waals surface area contributed by atoms with E-state index in [0.717, 1.165) is 31.4 Å². The highest BCUT2D eigenvalue weighted by atomic mass is 16.5. The Kier molecular flexibility index (Phi) is 6.44. The first-order chi connectivity index (χ1) is 13.2. The van der Waals surface area contributed by atoms with Crippen molar-refractivity contribution < 1.29 is 19.1 Å². The van der Waals surface area contributed by atoms with Gasteiger partial charge in [0.2, 0.25) is 0 Å². The lowest BCUT2D eigenvalue weighted by molar-refractivity contribution is 0.0669. The average Bonchev–Trinajstić information content (AvgIpc) is 3.24. The monoisotopic (exact) mass is 368 g/mol. The summed E-state index contributed by atoms with van der Waals surface area (Å²) in [7, 11) is 0. The van der Waals surface area contributed by atoms with Crippen LogP contribution < -0.4 is 15.6 Å². The van der Waals surface area contributed by atoms with Gasteiger partial charge in [-0.05, 0) is 49.1 Å². The molecule has 6 nitrogen and oxygen atoms in total. The van der Waals surface area contributed by atoms with E-state index in [9.17, 15) is 9.59 Å². The van der Waals surface area contributed by atoms with Crippen LogP contribution in [0.2, 0.25) is 0 Å². The van der Waals surface area contributed by atoms with E-state index in [-0.39, 0.29) is 12.0 Å². The first-order valence-electron chi connectivity index (χ1n) is 9.20. The molecule has 2 N–H and O–H groups in total. The second kappa shape index (κ2) is 9.19. The molecule has 6 heteroatoms. The summed E-state index contributed by atoms with van der Waals surface area (Å²) in [6, 6.07) is 14.2. The molecule has 0 aromatic heterocycles. The number of hydrogen-bond donors (Lipinski definition) is 2. The lowest BCUT2D eigenvalue weighted by Crippen LogP contribution is -2.41. The summed E-state index contributed by atoms with van der Waals surface area (Å²) in [4.78, 5) is 24.7. The Hall–Kier alpha value is -2.86. The van der Waals surface area contributed by atoms with Crippen molar-refractivity contribution >= 4 is 11.8 Å². The van der Waals surface area contributed by atoms with Gasteiger partial charge in [0.05, 0.1) is 11.7 Å². The first kappa shape index (κ1) is 18.9. The fourth-order valence-corrected chi connectivity index (χ4v) is 2.88. The van der Waals surface area contributed by atoms with E-state index in [2.05, 4.69) is 10.9 Å². The molecule has 1 heterocycles. The van der Waals surface area contributed by atoms with E-state index >= 15 is 0 Å². The number of nitrogens with one attached hydrogen (secondary N) is 2. The number of benzene rings is 2. The van der Waals surface area contributed by atoms with Gasteiger partial charge in [-0.1, -0.05) is 31.2 Å². The maximum absolute atomic E-state index is 12.5. The molecule has 0 radical (unpaired) electrons. The quantitative estimate of drug-likeness (QED) is 0.769. The summed E-state index contributed by atoms with van der Waals surface area (Å²) in [6.45, 7) is 3.20. The molecule has 1 saturated heterocycles. The Labute approximate surface area is 158 Å². The Morgan fingerprint density at radius 3 is 2.52 bits per heavy atom. The lowest BCUT2D eigenvalue weighted by atomic mass is 10.1. The number of ether oxygens (including phenoxy) is 2. The van der Waals surface area contributed by atoms with Crippen molar-refractivity contribution in [3.05, 3.63) is 65.2 Å². The average molecular weight is 368 g/mol. The lowest BCUT2D eigenvalue weighted by Gasteiger charge is -2.15. The van der Waals surface area contributed by atoms with Gasteiger partial charge >= 0.3 is 0 Å². The maximum Gasteiger partial charge on any atom is 0.273 e. The third-order valence-corrected chi connectivity index (χ3v) is 4.49. The van der Waals surface area contributed by atoms with E-state index in [1.165, 1.54) is 0 Å². The van der Waals surface area contributed by atoms with Crippen molar-refractivity contribution in [1.82, 2.24) is 10.9 Å². The summed E-state index contributed by atoms with van der Waals surface area (Å²) in [5.74, 6) is -0.340. The van der Waals surface area contributed by atoms with Crippen LogP contribution in [0.3, 0.4) is 0 Å². The molecule has 1 unspecified atom stereocenters. The predicted molar refractivity (Wildman–Crippen MR) is 102 cm³/mol. The molecular formula is C21H24N2O4. The van der Waals surface area contributed by atoms with E-state index in [4.69, 9.17) is 9.47 Å². The van der Waals surface area contributed by atoms with E-state index < -0.39 is 5.91 Å². The summed E-state index contributed by atoms with van der Waals surface area (Å²) >= 11 is 0. The minimum Gasteiger partial charge on any atom is -0.490 e. The Morgan fingerprint density at radius 1 is 1.07 bits per heavy atom. The number of aryl methyl sites for hydroxylation is 1. The first-order valence-corrected chi connectivity index (χ1v) is 9.20.